The fraction of sp³-hybridized carbons (Fsp3) is 0.950. The van der Waals surface area contributed by atoms with E-state index >= 15 is 0 Å². The summed E-state index contributed by atoms with van der Waals surface area (Å²) >= 11 is 0. The number of hydrogen-bond donors (Lipinski definition) is 0. The van der Waals surface area contributed by atoms with Gasteiger partial charge in [-0.2, -0.15) is 0 Å². The van der Waals surface area contributed by atoms with Gasteiger partial charge >= 0.3 is 130 Å². The number of carbonyl (C=O) groups excluding carboxylic acids is 2. The number of phosphoric ester groups is 2. The smallest absolute Gasteiger partial charge is 0.790 e. The van der Waals surface area contributed by atoms with Crippen molar-refractivity contribution >= 4 is 27.6 Å². The van der Waals surface area contributed by atoms with Crippen molar-refractivity contribution in [2.45, 2.75) is 232 Å². The van der Waals surface area contributed by atoms with Crippen molar-refractivity contribution in [1.29, 1.82) is 0 Å². The summed E-state index contributed by atoms with van der Waals surface area (Å²) in [6.45, 7) is 2.39. The Kier molecular flexibility index (Phi) is 60.0. The molecule has 0 aromatic rings. The van der Waals surface area contributed by atoms with E-state index in [0.29, 0.717) is 12.8 Å². The van der Waals surface area contributed by atoms with Gasteiger partial charge < -0.3 is 47.2 Å². The molecule has 0 bridgehead atoms. The second kappa shape index (κ2) is 49.6. The molecule has 58 heavy (non-hydrogen) atoms. The first-order valence-corrected chi connectivity index (χ1v) is 24.5. The summed E-state index contributed by atoms with van der Waals surface area (Å²) in [5.41, 5.74) is 0. The first-order valence-electron chi connectivity index (χ1n) is 21.6. The molecule has 0 aromatic carbocycles. The Morgan fingerprint density at radius 2 is 0.569 bits per heavy atom. The van der Waals surface area contributed by atoms with Crippen LogP contribution in [0.5, 0.6) is 0 Å². The van der Waals surface area contributed by atoms with Gasteiger partial charge in [-0.25, -0.2) is 0 Å². The topological polar surface area (TPSA) is 197 Å². The number of unbranched alkanes of at least 4 members (excludes halogenated alkanes) is 28. The normalized spacial score (nSPS) is 12.3. The minimum Gasteiger partial charge on any atom is -0.790 e. The van der Waals surface area contributed by atoms with Gasteiger partial charge in [0.2, 0.25) is 0 Å². The van der Waals surface area contributed by atoms with Crippen molar-refractivity contribution in [3.8, 4) is 0 Å². The van der Waals surface area contributed by atoms with Crippen LogP contribution in [0.1, 0.15) is 219 Å². The zero-order chi connectivity index (χ0) is 40.2. The maximum Gasteiger partial charge on any atom is 1.00 e. The Labute approximate surface area is 442 Å². The number of esters is 2. The van der Waals surface area contributed by atoms with Crippen molar-refractivity contribution < 1.29 is 175 Å². The first-order chi connectivity index (χ1) is 25.9. The molecule has 0 saturated carbocycles. The van der Waals surface area contributed by atoms with Crippen LogP contribution in [0.25, 0.3) is 0 Å². The standard InChI is InChI=1S/C40H80O12P2.4Na/c1-3-5-7-9-11-13-15-17-19-21-23-25-27-29-31-33-39(41)51-37(35-49-53(43,44)45)38(36-50-54(46,47)48)52-40(42)34-32-30-28-26-24-22-20-18-16-14-12-10-8-6-4-2;;;;/h37-38H,3-36H2,1-2H3,(H2,43,44,45)(H2,46,47,48);;;;/q;4*+1/p-4/t37-,38-;;;;/m1..../s1. The number of phosphoric acid groups is 2. The summed E-state index contributed by atoms with van der Waals surface area (Å²) in [6.07, 6.45) is 31.0. The molecule has 0 aromatic heterocycles. The van der Waals surface area contributed by atoms with Gasteiger partial charge in [0.05, 0.1) is 28.9 Å². The van der Waals surface area contributed by atoms with E-state index in [-0.39, 0.29) is 131 Å². The second-order valence-corrected chi connectivity index (χ2v) is 17.2. The maximum absolute atomic E-state index is 12.7. The van der Waals surface area contributed by atoms with Gasteiger partial charge in [0, 0.05) is 12.8 Å². The van der Waals surface area contributed by atoms with E-state index in [2.05, 4.69) is 22.9 Å². The summed E-state index contributed by atoms with van der Waals surface area (Å²) in [5, 5.41) is 0. The molecule has 0 unspecified atom stereocenters. The van der Waals surface area contributed by atoms with Crippen LogP contribution in [0, 0.1) is 0 Å². The summed E-state index contributed by atoms with van der Waals surface area (Å²) in [7, 11) is -11.1. The van der Waals surface area contributed by atoms with Crippen molar-refractivity contribution in [2.24, 2.45) is 0 Å². The van der Waals surface area contributed by atoms with Crippen LogP contribution in [-0.2, 0) is 37.2 Å². The van der Waals surface area contributed by atoms with Crippen LogP contribution in [0.4, 0.5) is 0 Å². The third kappa shape index (κ3) is 53.5. The van der Waals surface area contributed by atoms with Crippen molar-refractivity contribution in [3.05, 3.63) is 0 Å². The molecular formula is C40H76Na4O12P2. The largest absolute Gasteiger partial charge is 1.00 e. The predicted octanol–water partition coefficient (Wildman–Crippen LogP) is -2.96. The van der Waals surface area contributed by atoms with Gasteiger partial charge in [-0.3, -0.25) is 9.59 Å². The van der Waals surface area contributed by atoms with Crippen LogP contribution < -0.4 is 138 Å². The van der Waals surface area contributed by atoms with Gasteiger partial charge in [0.25, 0.3) is 0 Å². The molecule has 12 nitrogen and oxygen atoms in total. The maximum atomic E-state index is 12.7. The van der Waals surface area contributed by atoms with E-state index in [1.54, 1.807) is 0 Å². The summed E-state index contributed by atoms with van der Waals surface area (Å²) < 4.78 is 41.6. The molecule has 0 aliphatic heterocycles. The Hall–Kier alpha value is 3.16. The zero-order valence-corrected chi connectivity index (χ0v) is 47.8. The Balaban J connectivity index is -0.00000234. The molecule has 0 amide bonds. The molecule has 0 spiro atoms. The molecule has 322 valence electrons. The quantitative estimate of drug-likeness (QED) is 0.0262. The SMILES string of the molecule is CCCCCCCCCCCCCCCCCC(=O)O[C@H](COP(=O)([O-])[O-])[C@@H](COP(=O)([O-])[O-])OC(=O)CCCCCCCCCCCCCCCCC.[Na+].[Na+].[Na+].[Na+]. The van der Waals surface area contributed by atoms with Crippen molar-refractivity contribution in [1.82, 2.24) is 0 Å². The summed E-state index contributed by atoms with van der Waals surface area (Å²) in [5.74, 6) is -1.55. The van der Waals surface area contributed by atoms with Crippen molar-refractivity contribution in [3.63, 3.8) is 0 Å². The van der Waals surface area contributed by atoms with E-state index in [4.69, 9.17) is 9.47 Å². The van der Waals surface area contributed by atoms with Crippen LogP contribution in [0.15, 0.2) is 0 Å². The fourth-order valence-corrected chi connectivity index (χ4v) is 7.16. The second-order valence-electron chi connectivity index (χ2n) is 14.9. The molecule has 0 N–H and O–H groups in total. The van der Waals surface area contributed by atoms with Crippen LogP contribution in [-0.4, -0.2) is 37.4 Å². The molecule has 18 heteroatoms. The van der Waals surface area contributed by atoms with Gasteiger partial charge in [-0.1, -0.05) is 194 Å². The molecular weight excluding hydrogens is 826 g/mol. The molecule has 0 saturated heterocycles. The third-order valence-corrected chi connectivity index (χ3v) is 10.7. The summed E-state index contributed by atoms with van der Waals surface area (Å²) in [6, 6.07) is 0. The van der Waals surface area contributed by atoms with E-state index in [1.165, 1.54) is 128 Å². The fourth-order valence-electron chi connectivity index (χ4n) is 6.50. The summed E-state index contributed by atoms with van der Waals surface area (Å²) in [4.78, 5) is 70.2. The molecule has 0 radical (unpaired) electrons. The Bertz CT molecular complexity index is 916. The Morgan fingerprint density at radius 3 is 0.759 bits per heavy atom. The van der Waals surface area contributed by atoms with E-state index < -0.39 is 53.0 Å². The minimum atomic E-state index is -5.54. The molecule has 0 heterocycles. The van der Waals surface area contributed by atoms with E-state index in [9.17, 15) is 38.3 Å². The van der Waals surface area contributed by atoms with Crippen LogP contribution in [0.3, 0.4) is 0 Å². The minimum absolute atomic E-state index is 0. The van der Waals surface area contributed by atoms with E-state index in [1.807, 2.05) is 0 Å². The van der Waals surface area contributed by atoms with Gasteiger partial charge in [0.1, 0.15) is 0 Å². The van der Waals surface area contributed by atoms with Crippen molar-refractivity contribution in [2.75, 3.05) is 13.2 Å². The zero-order valence-electron chi connectivity index (χ0n) is 38.0. The third-order valence-electron chi connectivity index (χ3n) is 9.74. The number of ether oxygens (including phenoxy) is 2. The molecule has 0 rings (SSSR count). The van der Waals surface area contributed by atoms with E-state index in [0.717, 1.165) is 51.4 Å². The van der Waals surface area contributed by atoms with Gasteiger partial charge in [0.15, 0.2) is 12.2 Å². The monoisotopic (exact) mass is 902 g/mol. The van der Waals surface area contributed by atoms with Crippen LogP contribution in [0.2, 0.25) is 0 Å². The molecule has 2 atom stereocenters. The average Bonchev–Trinajstić information content (AvgIpc) is 3.11. The molecule has 0 aliphatic carbocycles. The number of carbonyl (C=O) groups is 2. The first kappa shape index (κ1) is 70.2. The van der Waals surface area contributed by atoms with Crippen LogP contribution >= 0.6 is 15.6 Å². The Morgan fingerprint density at radius 1 is 0.379 bits per heavy atom. The molecule has 0 aliphatic rings. The van der Waals surface area contributed by atoms with Gasteiger partial charge in [-0.15, -0.1) is 0 Å². The molecule has 0 fully saturated rings. The predicted molar refractivity (Wildman–Crippen MR) is 206 cm³/mol. The van der Waals surface area contributed by atoms with Gasteiger partial charge in [-0.05, 0) is 12.8 Å². The number of rotatable bonds is 41. The number of hydrogen-bond acceptors (Lipinski definition) is 12. The average molecular weight is 903 g/mol.